The molecule has 0 radical (unpaired) electrons. The fourth-order valence-electron chi connectivity index (χ4n) is 2.88. The number of rotatable bonds is 5. The third kappa shape index (κ3) is 2.61. The highest BCUT2D eigenvalue weighted by Gasteiger charge is 2.23. The molecule has 0 spiro atoms. The van der Waals surface area contributed by atoms with Crippen LogP contribution in [0.3, 0.4) is 0 Å². The molecule has 0 bridgehead atoms. The average molecular weight is 243 g/mol. The first-order chi connectivity index (χ1) is 8.74. The van der Waals surface area contributed by atoms with E-state index in [9.17, 15) is 0 Å². The van der Waals surface area contributed by atoms with Gasteiger partial charge in [0.25, 0.3) is 0 Å². The summed E-state index contributed by atoms with van der Waals surface area (Å²) < 4.78 is 0. The molecule has 1 aromatic rings. The van der Waals surface area contributed by atoms with Crippen molar-refractivity contribution in [3.05, 3.63) is 34.9 Å². The Morgan fingerprint density at radius 1 is 1.17 bits per heavy atom. The summed E-state index contributed by atoms with van der Waals surface area (Å²) in [7, 11) is 0. The van der Waals surface area contributed by atoms with Gasteiger partial charge in [0.1, 0.15) is 0 Å². The van der Waals surface area contributed by atoms with Crippen LogP contribution in [0, 0.1) is 0 Å². The van der Waals surface area contributed by atoms with Crippen molar-refractivity contribution in [2.75, 3.05) is 0 Å². The third-order valence-electron chi connectivity index (χ3n) is 4.52. The van der Waals surface area contributed by atoms with E-state index < -0.39 is 0 Å². The van der Waals surface area contributed by atoms with E-state index in [-0.39, 0.29) is 0 Å². The van der Waals surface area contributed by atoms with Crippen LogP contribution in [-0.4, -0.2) is 6.04 Å². The minimum absolute atomic E-state index is 0.636. The normalized spacial score (nSPS) is 20.2. The lowest BCUT2D eigenvalue weighted by atomic mass is 9.78. The fourth-order valence-corrected chi connectivity index (χ4v) is 2.88. The van der Waals surface area contributed by atoms with Gasteiger partial charge in [-0.15, -0.1) is 0 Å². The van der Waals surface area contributed by atoms with Crippen molar-refractivity contribution in [3.8, 4) is 0 Å². The summed E-state index contributed by atoms with van der Waals surface area (Å²) in [5, 5.41) is 3.67. The highest BCUT2D eigenvalue weighted by atomic mass is 14.9. The van der Waals surface area contributed by atoms with E-state index in [0.717, 1.165) is 18.5 Å². The molecule has 1 N–H and O–H groups in total. The first-order valence-electron chi connectivity index (χ1n) is 7.60. The van der Waals surface area contributed by atoms with Crippen molar-refractivity contribution in [2.24, 2.45) is 0 Å². The van der Waals surface area contributed by atoms with Gasteiger partial charge in [-0.05, 0) is 54.2 Å². The zero-order valence-electron chi connectivity index (χ0n) is 11.7. The number of nitrogens with one attached hydrogen (secondary N) is 1. The molecule has 0 aliphatic heterocycles. The summed E-state index contributed by atoms with van der Waals surface area (Å²) in [6.45, 7) is 5.68. The van der Waals surface area contributed by atoms with Gasteiger partial charge in [-0.25, -0.2) is 0 Å². The fraction of sp³-hybridized carbons (Fsp3) is 0.647. The Labute approximate surface area is 111 Å². The van der Waals surface area contributed by atoms with Crippen LogP contribution in [0.25, 0.3) is 0 Å². The van der Waals surface area contributed by atoms with Gasteiger partial charge >= 0.3 is 0 Å². The van der Waals surface area contributed by atoms with Crippen LogP contribution in [0.4, 0.5) is 0 Å². The van der Waals surface area contributed by atoms with E-state index in [2.05, 4.69) is 37.4 Å². The molecule has 2 saturated carbocycles. The summed E-state index contributed by atoms with van der Waals surface area (Å²) >= 11 is 0. The molecule has 18 heavy (non-hydrogen) atoms. The van der Waals surface area contributed by atoms with E-state index in [0.29, 0.717) is 5.92 Å². The quantitative estimate of drug-likeness (QED) is 0.811. The van der Waals surface area contributed by atoms with Crippen LogP contribution in [0.5, 0.6) is 0 Å². The third-order valence-corrected chi connectivity index (χ3v) is 4.52. The lowest BCUT2D eigenvalue weighted by molar-refractivity contribution is 0.419. The first kappa shape index (κ1) is 12.2. The summed E-state index contributed by atoms with van der Waals surface area (Å²) in [4.78, 5) is 0. The van der Waals surface area contributed by atoms with Crippen LogP contribution in [-0.2, 0) is 6.54 Å². The molecule has 2 fully saturated rings. The van der Waals surface area contributed by atoms with Crippen LogP contribution >= 0.6 is 0 Å². The van der Waals surface area contributed by atoms with E-state index in [1.165, 1.54) is 37.7 Å². The van der Waals surface area contributed by atoms with Crippen LogP contribution in [0.2, 0.25) is 0 Å². The first-order valence-corrected chi connectivity index (χ1v) is 7.60. The second-order valence-corrected chi connectivity index (χ2v) is 6.40. The van der Waals surface area contributed by atoms with Crippen LogP contribution < -0.4 is 5.32 Å². The molecule has 0 saturated heterocycles. The van der Waals surface area contributed by atoms with Gasteiger partial charge in [-0.1, -0.05) is 38.5 Å². The van der Waals surface area contributed by atoms with E-state index in [1.807, 2.05) is 0 Å². The maximum Gasteiger partial charge on any atom is 0.0211 e. The maximum absolute atomic E-state index is 3.67. The second-order valence-electron chi connectivity index (χ2n) is 6.40. The van der Waals surface area contributed by atoms with Gasteiger partial charge in [0, 0.05) is 12.6 Å². The second kappa shape index (κ2) is 5.05. The molecule has 1 aromatic carbocycles. The zero-order valence-corrected chi connectivity index (χ0v) is 11.7. The Hall–Kier alpha value is -0.820. The summed E-state index contributed by atoms with van der Waals surface area (Å²) in [5.41, 5.74) is 4.66. The lowest BCUT2D eigenvalue weighted by Crippen LogP contribution is -2.18. The minimum Gasteiger partial charge on any atom is -0.310 e. The lowest BCUT2D eigenvalue weighted by Gasteiger charge is -2.27. The van der Waals surface area contributed by atoms with Gasteiger partial charge in [0.2, 0.25) is 0 Å². The van der Waals surface area contributed by atoms with Crippen molar-refractivity contribution in [1.29, 1.82) is 0 Å². The Kier molecular flexibility index (Phi) is 3.43. The maximum atomic E-state index is 3.67. The highest BCUT2D eigenvalue weighted by Crippen LogP contribution is 2.37. The molecule has 0 heterocycles. The highest BCUT2D eigenvalue weighted by molar-refractivity contribution is 5.36. The van der Waals surface area contributed by atoms with Crippen LogP contribution in [0.15, 0.2) is 18.2 Å². The smallest absolute Gasteiger partial charge is 0.0211 e. The van der Waals surface area contributed by atoms with Gasteiger partial charge in [-0.2, -0.15) is 0 Å². The van der Waals surface area contributed by atoms with E-state index in [4.69, 9.17) is 0 Å². The Balaban J connectivity index is 1.79. The zero-order chi connectivity index (χ0) is 12.5. The predicted molar refractivity (Wildman–Crippen MR) is 77.0 cm³/mol. The predicted octanol–water partition coefficient (Wildman–Crippen LogP) is 4.33. The van der Waals surface area contributed by atoms with E-state index >= 15 is 0 Å². The van der Waals surface area contributed by atoms with Crippen molar-refractivity contribution < 1.29 is 0 Å². The Morgan fingerprint density at radius 3 is 2.50 bits per heavy atom. The van der Waals surface area contributed by atoms with Crippen LogP contribution in [0.1, 0.15) is 74.5 Å². The van der Waals surface area contributed by atoms with Gasteiger partial charge < -0.3 is 5.32 Å². The Bertz CT molecular complexity index is 414. The number of hydrogen-bond acceptors (Lipinski definition) is 1. The minimum atomic E-state index is 0.636. The molecule has 1 heteroatoms. The summed E-state index contributed by atoms with van der Waals surface area (Å²) in [6.07, 6.45) is 6.97. The number of hydrogen-bond donors (Lipinski definition) is 1. The van der Waals surface area contributed by atoms with Crippen molar-refractivity contribution in [1.82, 2.24) is 5.32 Å². The largest absolute Gasteiger partial charge is 0.310 e. The van der Waals surface area contributed by atoms with Crippen molar-refractivity contribution in [3.63, 3.8) is 0 Å². The molecule has 1 nitrogen and oxygen atoms in total. The monoisotopic (exact) mass is 243 g/mol. The van der Waals surface area contributed by atoms with Crippen molar-refractivity contribution in [2.45, 2.75) is 70.4 Å². The van der Waals surface area contributed by atoms with E-state index in [1.54, 1.807) is 11.1 Å². The summed E-state index contributed by atoms with van der Waals surface area (Å²) in [6, 6.07) is 8.04. The molecule has 98 valence electrons. The molecule has 3 rings (SSSR count). The molecular weight excluding hydrogens is 218 g/mol. The molecule has 0 aromatic heterocycles. The average Bonchev–Trinajstić information content (AvgIpc) is 3.07. The van der Waals surface area contributed by atoms with Crippen molar-refractivity contribution >= 4 is 0 Å². The molecular formula is C17H25N. The number of benzene rings is 1. The molecule has 0 unspecified atom stereocenters. The molecule has 0 amide bonds. The van der Waals surface area contributed by atoms with Gasteiger partial charge in [-0.3, -0.25) is 0 Å². The molecule has 2 aliphatic rings. The Morgan fingerprint density at radius 2 is 1.94 bits per heavy atom. The SMILES string of the molecule is CC(C)c1ccc(C2CCC2)cc1CNC1CC1. The van der Waals surface area contributed by atoms with Gasteiger partial charge in [0.15, 0.2) is 0 Å². The molecule has 2 aliphatic carbocycles. The topological polar surface area (TPSA) is 12.0 Å². The molecule has 0 atom stereocenters. The van der Waals surface area contributed by atoms with Gasteiger partial charge in [0.05, 0.1) is 0 Å². The standard InChI is InChI=1S/C17H25N/c1-12(2)17-9-6-14(13-4-3-5-13)10-15(17)11-18-16-7-8-16/h6,9-10,12-13,16,18H,3-5,7-8,11H2,1-2H3. The summed E-state index contributed by atoms with van der Waals surface area (Å²) in [5.74, 6) is 1.49.